The Labute approximate surface area is 203 Å². The first-order chi connectivity index (χ1) is 16.9. The Morgan fingerprint density at radius 2 is 1.69 bits per heavy atom. The Morgan fingerprint density at radius 1 is 0.943 bits per heavy atom. The van der Waals surface area contributed by atoms with Crippen LogP contribution in [0.1, 0.15) is 22.5 Å². The number of aromatic nitrogens is 4. The summed E-state index contributed by atoms with van der Waals surface area (Å²) in [5.74, 6) is 1.33. The van der Waals surface area contributed by atoms with Crippen molar-refractivity contribution in [2.45, 2.75) is 27.4 Å². The number of ether oxygens (including phenoxy) is 2. The highest BCUT2D eigenvalue weighted by Crippen LogP contribution is 2.25. The van der Waals surface area contributed by atoms with E-state index >= 15 is 0 Å². The fourth-order valence-electron chi connectivity index (χ4n) is 4.08. The van der Waals surface area contributed by atoms with Crippen LogP contribution in [-0.2, 0) is 6.61 Å². The van der Waals surface area contributed by atoms with Crippen LogP contribution in [0, 0.1) is 20.8 Å². The predicted octanol–water partition coefficient (Wildman–Crippen LogP) is 5.06. The average molecular weight is 467 g/mol. The third kappa shape index (κ3) is 4.28. The molecule has 0 aliphatic heterocycles. The summed E-state index contributed by atoms with van der Waals surface area (Å²) in [7, 11) is 1.63. The quantitative estimate of drug-likeness (QED) is 0.350. The van der Waals surface area contributed by atoms with Gasteiger partial charge in [-0.05, 0) is 68.8 Å². The first-order valence-corrected chi connectivity index (χ1v) is 11.4. The van der Waals surface area contributed by atoms with E-state index in [2.05, 4.69) is 0 Å². The number of hydrogen-bond acceptors (Lipinski definition) is 5. The zero-order valence-corrected chi connectivity index (χ0v) is 20.1. The molecule has 0 bridgehead atoms. The minimum Gasteiger partial charge on any atom is -0.497 e. The number of hydrogen-bond donors (Lipinski definition) is 0. The zero-order valence-electron chi connectivity index (χ0n) is 20.1. The van der Waals surface area contributed by atoms with Gasteiger partial charge in [-0.25, -0.2) is 9.67 Å². The van der Waals surface area contributed by atoms with E-state index in [1.807, 2.05) is 86.1 Å². The van der Waals surface area contributed by atoms with Crippen LogP contribution in [0.15, 0.2) is 77.7 Å². The highest BCUT2D eigenvalue weighted by Gasteiger charge is 2.18. The van der Waals surface area contributed by atoms with Crippen molar-refractivity contribution in [2.75, 3.05) is 7.11 Å². The molecule has 0 amide bonds. The highest BCUT2D eigenvalue weighted by atomic mass is 16.5. The van der Waals surface area contributed by atoms with Crippen LogP contribution in [0.25, 0.3) is 22.6 Å². The first-order valence-electron chi connectivity index (χ1n) is 11.4. The van der Waals surface area contributed by atoms with Crippen molar-refractivity contribution >= 4 is 5.65 Å². The largest absolute Gasteiger partial charge is 0.497 e. The molecular weight excluding hydrogens is 440 g/mol. The van der Waals surface area contributed by atoms with E-state index in [1.165, 1.54) is 9.96 Å². The average Bonchev–Trinajstić information content (AvgIpc) is 3.24. The first kappa shape index (κ1) is 22.4. The molecule has 3 aromatic heterocycles. The summed E-state index contributed by atoms with van der Waals surface area (Å²) in [6, 6.07) is 21.3. The van der Waals surface area contributed by atoms with Gasteiger partial charge in [-0.3, -0.25) is 9.20 Å². The van der Waals surface area contributed by atoms with Crippen molar-refractivity contribution in [2.24, 2.45) is 0 Å². The molecule has 7 nitrogen and oxygen atoms in total. The fraction of sp³-hybridized carbons (Fsp3) is 0.179. The number of nitrogens with zero attached hydrogens (tertiary/aromatic N) is 4. The number of pyridine rings is 1. The van der Waals surface area contributed by atoms with Gasteiger partial charge in [-0.15, -0.1) is 0 Å². The second-order valence-electron chi connectivity index (χ2n) is 8.50. The SMILES string of the molecule is COc1ccc(COc2cccn3c(=O)c(-c4cc(C)n(-c5ccc(C)cc5)n4)c(C)nc23)cc1. The third-order valence-corrected chi connectivity index (χ3v) is 5.97. The van der Waals surface area contributed by atoms with Crippen LogP contribution in [0.3, 0.4) is 0 Å². The lowest BCUT2D eigenvalue weighted by atomic mass is 10.1. The van der Waals surface area contributed by atoms with Crippen LogP contribution in [0.4, 0.5) is 0 Å². The summed E-state index contributed by atoms with van der Waals surface area (Å²) in [5, 5.41) is 4.74. The number of methoxy groups -OCH3 is 1. The monoisotopic (exact) mass is 466 g/mol. The standard InChI is InChI=1S/C28H26N4O3/c1-18-7-11-22(12-8-18)32-19(2)16-24(30-32)26-20(3)29-27-25(6-5-15-31(27)28(26)33)35-17-21-9-13-23(34-4)14-10-21/h5-16H,17H2,1-4H3. The van der Waals surface area contributed by atoms with E-state index in [9.17, 15) is 4.79 Å². The molecule has 0 saturated heterocycles. The fourth-order valence-corrected chi connectivity index (χ4v) is 4.08. The van der Waals surface area contributed by atoms with Crippen molar-refractivity contribution in [3.63, 3.8) is 0 Å². The van der Waals surface area contributed by atoms with Gasteiger partial charge in [0.1, 0.15) is 18.1 Å². The van der Waals surface area contributed by atoms with Gasteiger partial charge in [0, 0.05) is 11.9 Å². The number of fused-ring (bicyclic) bond motifs is 1. The molecule has 0 aliphatic rings. The van der Waals surface area contributed by atoms with E-state index in [4.69, 9.17) is 19.6 Å². The highest BCUT2D eigenvalue weighted by molar-refractivity contribution is 5.65. The van der Waals surface area contributed by atoms with Crippen molar-refractivity contribution in [3.05, 3.63) is 106 Å². The maximum absolute atomic E-state index is 13.6. The Morgan fingerprint density at radius 3 is 2.40 bits per heavy atom. The van der Waals surface area contributed by atoms with Crippen LogP contribution >= 0.6 is 0 Å². The van der Waals surface area contributed by atoms with Crippen molar-refractivity contribution in [3.8, 4) is 28.4 Å². The van der Waals surface area contributed by atoms with Crippen LogP contribution < -0.4 is 15.0 Å². The van der Waals surface area contributed by atoms with Gasteiger partial charge >= 0.3 is 0 Å². The molecule has 0 radical (unpaired) electrons. The minimum atomic E-state index is -0.184. The molecule has 0 aliphatic carbocycles. The van der Waals surface area contributed by atoms with Gasteiger partial charge in [-0.2, -0.15) is 5.10 Å². The van der Waals surface area contributed by atoms with E-state index in [1.54, 1.807) is 19.4 Å². The molecule has 3 heterocycles. The predicted molar refractivity (Wildman–Crippen MR) is 136 cm³/mol. The normalized spacial score (nSPS) is 11.1. The zero-order chi connectivity index (χ0) is 24.5. The molecular formula is C28H26N4O3. The Hall–Kier alpha value is -4.39. The summed E-state index contributed by atoms with van der Waals surface area (Å²) in [5.41, 5.74) is 6.00. The molecule has 0 spiro atoms. The molecule has 7 heteroatoms. The Kier molecular flexibility index (Phi) is 5.82. The smallest absolute Gasteiger partial charge is 0.267 e. The molecule has 176 valence electrons. The Balaban J connectivity index is 1.51. The van der Waals surface area contributed by atoms with Gasteiger partial charge < -0.3 is 9.47 Å². The second-order valence-corrected chi connectivity index (χ2v) is 8.50. The van der Waals surface area contributed by atoms with E-state index < -0.39 is 0 Å². The van der Waals surface area contributed by atoms with Crippen LogP contribution in [0.2, 0.25) is 0 Å². The molecule has 35 heavy (non-hydrogen) atoms. The third-order valence-electron chi connectivity index (χ3n) is 5.97. The van der Waals surface area contributed by atoms with Crippen LogP contribution in [0.5, 0.6) is 11.5 Å². The van der Waals surface area contributed by atoms with Crippen molar-refractivity contribution in [1.29, 1.82) is 0 Å². The summed E-state index contributed by atoms with van der Waals surface area (Å²) < 4.78 is 14.6. The van der Waals surface area contributed by atoms with Gasteiger partial charge in [0.2, 0.25) is 0 Å². The minimum absolute atomic E-state index is 0.184. The summed E-state index contributed by atoms with van der Waals surface area (Å²) in [6.07, 6.45) is 1.71. The lowest BCUT2D eigenvalue weighted by Crippen LogP contribution is -2.19. The summed E-state index contributed by atoms with van der Waals surface area (Å²) in [6.45, 7) is 6.20. The maximum atomic E-state index is 13.6. The van der Waals surface area contributed by atoms with Crippen LogP contribution in [-0.4, -0.2) is 26.3 Å². The molecule has 5 aromatic rings. The topological polar surface area (TPSA) is 70.7 Å². The Bertz CT molecular complexity index is 1570. The van der Waals surface area contributed by atoms with E-state index in [-0.39, 0.29) is 5.56 Å². The van der Waals surface area contributed by atoms with Crippen molar-refractivity contribution in [1.82, 2.24) is 19.2 Å². The molecule has 5 rings (SSSR count). The van der Waals surface area contributed by atoms with Gasteiger partial charge in [0.15, 0.2) is 11.4 Å². The van der Waals surface area contributed by atoms with Gasteiger partial charge in [0.05, 0.1) is 24.1 Å². The number of aryl methyl sites for hydroxylation is 3. The maximum Gasteiger partial charge on any atom is 0.267 e. The molecule has 0 unspecified atom stereocenters. The van der Waals surface area contributed by atoms with Crippen molar-refractivity contribution < 1.29 is 9.47 Å². The summed E-state index contributed by atoms with van der Waals surface area (Å²) >= 11 is 0. The number of benzene rings is 2. The molecule has 2 aromatic carbocycles. The number of rotatable bonds is 6. The van der Waals surface area contributed by atoms with Gasteiger partial charge in [0.25, 0.3) is 5.56 Å². The molecule has 0 saturated carbocycles. The molecule has 0 N–H and O–H groups in total. The second kappa shape index (κ2) is 9.10. The molecule has 0 fully saturated rings. The van der Waals surface area contributed by atoms with Gasteiger partial charge in [-0.1, -0.05) is 29.8 Å². The molecule has 0 atom stereocenters. The lowest BCUT2D eigenvalue weighted by molar-refractivity contribution is 0.307. The lowest BCUT2D eigenvalue weighted by Gasteiger charge is -2.12. The summed E-state index contributed by atoms with van der Waals surface area (Å²) in [4.78, 5) is 18.3. The van der Waals surface area contributed by atoms with E-state index in [0.717, 1.165) is 22.7 Å². The van der Waals surface area contributed by atoms with E-state index in [0.29, 0.717) is 35.0 Å².